The number of aryl methyl sites for hydroxylation is 1. The zero-order valence-electron chi connectivity index (χ0n) is 16.1. The number of hydrogen-bond donors (Lipinski definition) is 0. The summed E-state index contributed by atoms with van der Waals surface area (Å²) in [7, 11) is 0. The maximum absolute atomic E-state index is 12.4. The van der Waals surface area contributed by atoms with Crippen molar-refractivity contribution in [2.75, 3.05) is 13.2 Å². The molecule has 0 fully saturated rings. The van der Waals surface area contributed by atoms with Crippen LogP contribution in [0.5, 0.6) is 0 Å². The highest BCUT2D eigenvalue weighted by molar-refractivity contribution is 6.23. The number of benzene rings is 2. The summed E-state index contributed by atoms with van der Waals surface area (Å²) in [5.74, 6) is -2.68. The quantitative estimate of drug-likeness (QED) is 0.215. The summed E-state index contributed by atoms with van der Waals surface area (Å²) < 4.78 is 4.94. The molecule has 0 aromatic heterocycles. The third-order valence-electron chi connectivity index (χ3n) is 4.76. The topological polar surface area (TPSA) is 124 Å². The zero-order valence-corrected chi connectivity index (χ0v) is 16.1. The molecule has 3 rings (SSSR count). The third-order valence-corrected chi connectivity index (χ3v) is 4.76. The van der Waals surface area contributed by atoms with Crippen LogP contribution >= 0.6 is 0 Å². The second kappa shape index (κ2) is 8.64. The lowest BCUT2D eigenvalue weighted by Gasteiger charge is -2.13. The number of rotatable bonds is 8. The minimum Gasteiger partial charge on any atom is -0.457 e. The van der Waals surface area contributed by atoms with Gasteiger partial charge >= 0.3 is 5.97 Å². The summed E-state index contributed by atoms with van der Waals surface area (Å²) in [6.07, 6.45) is 0.506. The SMILES string of the molecule is CCc1ccc(C(=O)COC(=O)CCN2C(=O)c3cccc([N+](=O)[O-])c3C2=O)cc1. The number of ether oxygens (including phenoxy) is 1. The fraction of sp³-hybridized carbons (Fsp3) is 0.238. The molecule has 0 unspecified atom stereocenters. The molecule has 9 heteroatoms. The van der Waals surface area contributed by atoms with Crippen LogP contribution in [0.3, 0.4) is 0 Å². The van der Waals surface area contributed by atoms with Gasteiger partial charge in [0, 0.05) is 18.2 Å². The molecule has 0 spiro atoms. The highest BCUT2D eigenvalue weighted by Crippen LogP contribution is 2.30. The lowest BCUT2D eigenvalue weighted by Crippen LogP contribution is -2.32. The average molecular weight is 410 g/mol. The molecule has 9 nitrogen and oxygen atoms in total. The first-order chi connectivity index (χ1) is 14.3. The van der Waals surface area contributed by atoms with Gasteiger partial charge in [0.2, 0.25) is 0 Å². The number of carbonyl (C=O) groups excluding carboxylic acids is 4. The van der Waals surface area contributed by atoms with E-state index in [1.54, 1.807) is 12.1 Å². The third kappa shape index (κ3) is 4.09. The van der Waals surface area contributed by atoms with E-state index < -0.39 is 35.0 Å². The van der Waals surface area contributed by atoms with Gasteiger partial charge in [-0.05, 0) is 18.1 Å². The molecule has 30 heavy (non-hydrogen) atoms. The normalized spacial score (nSPS) is 12.6. The van der Waals surface area contributed by atoms with Crippen LogP contribution in [0.25, 0.3) is 0 Å². The second-order valence-electron chi connectivity index (χ2n) is 6.60. The number of imide groups is 1. The number of nitro benzene ring substituents is 1. The molecule has 2 aromatic carbocycles. The molecular formula is C21H18N2O7. The summed E-state index contributed by atoms with van der Waals surface area (Å²) in [6.45, 7) is 1.23. The first-order valence-corrected chi connectivity index (χ1v) is 9.24. The Morgan fingerprint density at radius 2 is 1.77 bits per heavy atom. The first kappa shape index (κ1) is 20.8. The number of hydrogen-bond acceptors (Lipinski definition) is 7. The number of nitrogens with zero attached hydrogens (tertiary/aromatic N) is 2. The Morgan fingerprint density at radius 3 is 2.40 bits per heavy atom. The van der Waals surface area contributed by atoms with E-state index in [1.807, 2.05) is 19.1 Å². The minimum atomic E-state index is -0.831. The van der Waals surface area contributed by atoms with Crippen molar-refractivity contribution in [3.63, 3.8) is 0 Å². The first-order valence-electron chi connectivity index (χ1n) is 9.24. The monoisotopic (exact) mass is 410 g/mol. The molecule has 2 aromatic rings. The summed E-state index contributed by atoms with van der Waals surface area (Å²) >= 11 is 0. The van der Waals surface area contributed by atoms with Gasteiger partial charge in [0.05, 0.1) is 16.9 Å². The zero-order chi connectivity index (χ0) is 21.8. The van der Waals surface area contributed by atoms with E-state index >= 15 is 0 Å². The van der Waals surface area contributed by atoms with E-state index in [0.717, 1.165) is 23.0 Å². The molecule has 0 atom stereocenters. The average Bonchev–Trinajstić information content (AvgIpc) is 3.00. The molecule has 0 radical (unpaired) electrons. The molecule has 154 valence electrons. The molecule has 1 aliphatic heterocycles. The molecule has 0 N–H and O–H groups in total. The van der Waals surface area contributed by atoms with Gasteiger partial charge in [-0.15, -0.1) is 0 Å². The molecule has 0 aliphatic carbocycles. The van der Waals surface area contributed by atoms with Crippen LogP contribution in [0.2, 0.25) is 0 Å². The van der Waals surface area contributed by atoms with Crippen LogP contribution in [-0.2, 0) is 16.0 Å². The maximum atomic E-state index is 12.4. The summed E-state index contributed by atoms with van der Waals surface area (Å²) in [5, 5.41) is 11.1. The van der Waals surface area contributed by atoms with Crippen molar-refractivity contribution in [1.82, 2.24) is 4.90 Å². The fourth-order valence-electron chi connectivity index (χ4n) is 3.10. The van der Waals surface area contributed by atoms with Crippen LogP contribution in [0.4, 0.5) is 5.69 Å². The Kier molecular flexibility index (Phi) is 6.01. The van der Waals surface area contributed by atoms with E-state index in [9.17, 15) is 29.3 Å². The van der Waals surface area contributed by atoms with E-state index in [2.05, 4.69) is 0 Å². The Morgan fingerprint density at radius 1 is 1.07 bits per heavy atom. The van der Waals surface area contributed by atoms with E-state index in [0.29, 0.717) is 5.56 Å². The van der Waals surface area contributed by atoms with Crippen molar-refractivity contribution >= 4 is 29.3 Å². The van der Waals surface area contributed by atoms with Crippen LogP contribution in [0, 0.1) is 10.1 Å². The largest absolute Gasteiger partial charge is 0.457 e. The maximum Gasteiger partial charge on any atom is 0.308 e. The van der Waals surface area contributed by atoms with Gasteiger partial charge in [-0.25, -0.2) is 0 Å². The van der Waals surface area contributed by atoms with Crippen molar-refractivity contribution in [2.45, 2.75) is 19.8 Å². The Balaban J connectivity index is 1.56. The summed E-state index contributed by atoms with van der Waals surface area (Å²) in [5.41, 5.74) is 0.660. The van der Waals surface area contributed by atoms with Gasteiger partial charge in [0.15, 0.2) is 12.4 Å². The van der Waals surface area contributed by atoms with Gasteiger partial charge in [-0.3, -0.25) is 34.2 Å². The van der Waals surface area contributed by atoms with Gasteiger partial charge in [0.1, 0.15) is 5.56 Å². The number of carbonyl (C=O) groups is 4. The van der Waals surface area contributed by atoms with Gasteiger partial charge < -0.3 is 4.74 Å². The van der Waals surface area contributed by atoms with Crippen molar-refractivity contribution in [3.8, 4) is 0 Å². The van der Waals surface area contributed by atoms with Crippen molar-refractivity contribution in [3.05, 3.63) is 74.8 Å². The fourth-order valence-corrected chi connectivity index (χ4v) is 3.10. The lowest BCUT2D eigenvalue weighted by molar-refractivity contribution is -0.385. The Bertz CT molecular complexity index is 1040. The van der Waals surface area contributed by atoms with Crippen LogP contribution in [-0.4, -0.2) is 46.5 Å². The number of fused-ring (bicyclic) bond motifs is 1. The number of nitro groups is 1. The molecule has 0 saturated heterocycles. The molecule has 0 saturated carbocycles. The molecule has 0 bridgehead atoms. The predicted octanol–water partition coefficient (Wildman–Crippen LogP) is 2.57. The van der Waals surface area contributed by atoms with Gasteiger partial charge in [-0.1, -0.05) is 37.3 Å². The van der Waals surface area contributed by atoms with Crippen LogP contribution < -0.4 is 0 Å². The van der Waals surface area contributed by atoms with E-state index in [1.165, 1.54) is 12.1 Å². The summed E-state index contributed by atoms with van der Waals surface area (Å²) in [6, 6.07) is 10.7. The number of amides is 2. The van der Waals surface area contributed by atoms with Gasteiger partial charge in [0.25, 0.3) is 17.5 Å². The van der Waals surface area contributed by atoms with E-state index in [-0.39, 0.29) is 29.9 Å². The highest BCUT2D eigenvalue weighted by atomic mass is 16.6. The van der Waals surface area contributed by atoms with Crippen molar-refractivity contribution in [2.24, 2.45) is 0 Å². The van der Waals surface area contributed by atoms with Crippen molar-refractivity contribution in [1.29, 1.82) is 0 Å². The standard InChI is InChI=1S/C21H18N2O7/c1-2-13-6-8-14(9-7-13)17(24)12-30-18(25)10-11-22-20(26)15-4-3-5-16(23(28)29)19(15)21(22)27/h3-9H,2,10-12H2,1H3. The Labute approximate surface area is 171 Å². The molecule has 2 amide bonds. The molecule has 1 aliphatic rings. The number of Topliss-reactive ketones (excluding diaryl/α,β-unsaturated/α-hetero) is 1. The number of ketones is 1. The molecule has 1 heterocycles. The highest BCUT2D eigenvalue weighted by Gasteiger charge is 2.40. The number of esters is 1. The smallest absolute Gasteiger partial charge is 0.308 e. The summed E-state index contributed by atoms with van der Waals surface area (Å²) in [4.78, 5) is 60.0. The van der Waals surface area contributed by atoms with Crippen LogP contribution in [0.1, 0.15) is 50.0 Å². The van der Waals surface area contributed by atoms with E-state index in [4.69, 9.17) is 4.74 Å². The van der Waals surface area contributed by atoms with Crippen LogP contribution in [0.15, 0.2) is 42.5 Å². The van der Waals surface area contributed by atoms with Gasteiger partial charge in [-0.2, -0.15) is 0 Å². The Hall–Kier alpha value is -3.88. The lowest BCUT2D eigenvalue weighted by atomic mass is 10.1. The molecular weight excluding hydrogens is 392 g/mol. The second-order valence-corrected chi connectivity index (χ2v) is 6.60. The minimum absolute atomic E-state index is 0.0757. The predicted molar refractivity (Wildman–Crippen MR) is 104 cm³/mol. The van der Waals surface area contributed by atoms with Crippen molar-refractivity contribution < 1.29 is 28.8 Å².